The normalized spacial score (nSPS) is 22.8. The largest absolute Gasteiger partial charge is 0.309 e. The van der Waals surface area contributed by atoms with Gasteiger partial charge in [0.2, 0.25) is 0 Å². The zero-order chi connectivity index (χ0) is 14.7. The molecule has 21 heavy (non-hydrogen) atoms. The van der Waals surface area contributed by atoms with Crippen molar-refractivity contribution in [3.8, 4) is 0 Å². The van der Waals surface area contributed by atoms with Gasteiger partial charge in [-0.15, -0.1) is 0 Å². The topological polar surface area (TPSA) is 15.3 Å². The second-order valence-electron chi connectivity index (χ2n) is 7.37. The third-order valence-electron chi connectivity index (χ3n) is 5.32. The minimum atomic E-state index is 0.425. The number of benzene rings is 1. The van der Waals surface area contributed by atoms with Crippen LogP contribution < -0.4 is 5.32 Å². The molecule has 1 aromatic rings. The third-order valence-corrected chi connectivity index (χ3v) is 5.32. The van der Waals surface area contributed by atoms with Crippen molar-refractivity contribution in [2.75, 3.05) is 19.6 Å². The molecule has 0 unspecified atom stereocenters. The van der Waals surface area contributed by atoms with E-state index in [-0.39, 0.29) is 0 Å². The Morgan fingerprint density at radius 2 is 1.81 bits per heavy atom. The maximum Gasteiger partial charge on any atom is 0.0309 e. The minimum Gasteiger partial charge on any atom is -0.309 e. The van der Waals surface area contributed by atoms with Gasteiger partial charge in [0.15, 0.2) is 0 Å². The van der Waals surface area contributed by atoms with Gasteiger partial charge in [-0.05, 0) is 29.9 Å². The van der Waals surface area contributed by atoms with E-state index in [0.29, 0.717) is 11.5 Å². The number of piperazine rings is 1. The molecule has 0 atom stereocenters. The van der Waals surface area contributed by atoms with Gasteiger partial charge in [-0.3, -0.25) is 4.90 Å². The van der Waals surface area contributed by atoms with Crippen molar-refractivity contribution in [3.05, 3.63) is 35.4 Å². The van der Waals surface area contributed by atoms with Crippen molar-refractivity contribution >= 4 is 0 Å². The van der Waals surface area contributed by atoms with E-state index in [1.54, 1.807) is 0 Å². The van der Waals surface area contributed by atoms with Gasteiger partial charge in [0.25, 0.3) is 0 Å². The summed E-state index contributed by atoms with van der Waals surface area (Å²) in [6.07, 6.45) is 6.99. The van der Waals surface area contributed by atoms with E-state index in [1.807, 2.05) is 0 Å². The van der Waals surface area contributed by atoms with Crippen LogP contribution in [0.15, 0.2) is 24.3 Å². The fourth-order valence-electron chi connectivity index (χ4n) is 4.01. The molecule has 1 aromatic carbocycles. The average Bonchev–Trinajstić information content (AvgIpc) is 2.49. The van der Waals surface area contributed by atoms with Crippen LogP contribution in [0.4, 0.5) is 0 Å². The summed E-state index contributed by atoms with van der Waals surface area (Å²) < 4.78 is 0. The standard InChI is InChI=1S/C19H30N2/c1-16(2)18-8-6-17(7-9-18)14-21-13-12-20-19(15-21)10-4-3-5-11-19/h6-9,16,20H,3-5,10-15H2,1-2H3. The molecular weight excluding hydrogens is 256 g/mol. The maximum absolute atomic E-state index is 3.83. The first-order chi connectivity index (χ1) is 10.2. The maximum atomic E-state index is 3.83. The molecule has 1 saturated heterocycles. The Morgan fingerprint density at radius 3 is 2.48 bits per heavy atom. The smallest absolute Gasteiger partial charge is 0.0309 e. The highest BCUT2D eigenvalue weighted by atomic mass is 15.2. The van der Waals surface area contributed by atoms with Crippen LogP contribution in [-0.2, 0) is 6.54 Å². The van der Waals surface area contributed by atoms with Crippen LogP contribution >= 0.6 is 0 Å². The van der Waals surface area contributed by atoms with E-state index in [2.05, 4.69) is 48.3 Å². The molecule has 1 N–H and O–H groups in total. The lowest BCUT2D eigenvalue weighted by molar-refractivity contribution is 0.0945. The summed E-state index contributed by atoms with van der Waals surface area (Å²) in [4.78, 5) is 2.66. The van der Waals surface area contributed by atoms with Gasteiger partial charge in [-0.2, -0.15) is 0 Å². The van der Waals surface area contributed by atoms with Gasteiger partial charge in [-0.25, -0.2) is 0 Å². The summed E-state index contributed by atoms with van der Waals surface area (Å²) in [5, 5.41) is 3.83. The van der Waals surface area contributed by atoms with Crippen molar-refractivity contribution < 1.29 is 0 Å². The molecule has 0 radical (unpaired) electrons. The number of rotatable bonds is 3. The van der Waals surface area contributed by atoms with E-state index < -0.39 is 0 Å². The van der Waals surface area contributed by atoms with E-state index in [9.17, 15) is 0 Å². The zero-order valence-corrected chi connectivity index (χ0v) is 13.7. The van der Waals surface area contributed by atoms with Crippen LogP contribution in [0.3, 0.4) is 0 Å². The Labute approximate surface area is 129 Å². The van der Waals surface area contributed by atoms with Gasteiger partial charge in [0.1, 0.15) is 0 Å². The van der Waals surface area contributed by atoms with E-state index in [1.165, 1.54) is 56.3 Å². The number of hydrogen-bond acceptors (Lipinski definition) is 2. The minimum absolute atomic E-state index is 0.425. The van der Waals surface area contributed by atoms with Crippen molar-refractivity contribution in [2.24, 2.45) is 0 Å². The summed E-state index contributed by atoms with van der Waals surface area (Å²) in [6.45, 7) is 9.22. The van der Waals surface area contributed by atoms with Crippen LogP contribution in [0.25, 0.3) is 0 Å². The first-order valence-electron chi connectivity index (χ1n) is 8.73. The molecule has 1 heterocycles. The van der Waals surface area contributed by atoms with Crippen LogP contribution in [-0.4, -0.2) is 30.1 Å². The Bertz CT molecular complexity index is 438. The highest BCUT2D eigenvalue weighted by molar-refractivity contribution is 5.24. The van der Waals surface area contributed by atoms with Gasteiger partial charge in [0, 0.05) is 31.7 Å². The summed E-state index contributed by atoms with van der Waals surface area (Å²) in [5.74, 6) is 0.628. The summed E-state index contributed by atoms with van der Waals surface area (Å²) in [5.41, 5.74) is 3.34. The predicted octanol–water partition coefficient (Wildman–Crippen LogP) is 3.92. The molecule has 0 bridgehead atoms. The summed E-state index contributed by atoms with van der Waals surface area (Å²) in [6, 6.07) is 9.26. The lowest BCUT2D eigenvalue weighted by atomic mass is 9.80. The first kappa shape index (κ1) is 15.1. The quantitative estimate of drug-likeness (QED) is 0.906. The van der Waals surface area contributed by atoms with Crippen molar-refractivity contribution in [3.63, 3.8) is 0 Å². The monoisotopic (exact) mass is 286 g/mol. The molecule has 1 spiro atoms. The Balaban J connectivity index is 1.61. The molecular formula is C19H30N2. The van der Waals surface area contributed by atoms with Gasteiger partial charge < -0.3 is 5.32 Å². The van der Waals surface area contributed by atoms with Gasteiger partial charge in [-0.1, -0.05) is 57.4 Å². The Kier molecular flexibility index (Phi) is 4.66. The molecule has 1 saturated carbocycles. The Hall–Kier alpha value is -0.860. The lowest BCUT2D eigenvalue weighted by Crippen LogP contribution is -2.60. The molecule has 2 fully saturated rings. The van der Waals surface area contributed by atoms with Crippen LogP contribution in [0.5, 0.6) is 0 Å². The molecule has 3 rings (SSSR count). The molecule has 2 heteroatoms. The van der Waals surface area contributed by atoms with Crippen molar-refractivity contribution in [1.29, 1.82) is 0 Å². The van der Waals surface area contributed by atoms with E-state index in [0.717, 1.165) is 13.1 Å². The first-order valence-corrected chi connectivity index (χ1v) is 8.73. The fraction of sp³-hybridized carbons (Fsp3) is 0.684. The summed E-state index contributed by atoms with van der Waals surface area (Å²) in [7, 11) is 0. The molecule has 1 aliphatic carbocycles. The van der Waals surface area contributed by atoms with Crippen LogP contribution in [0.1, 0.15) is 63.0 Å². The summed E-state index contributed by atoms with van der Waals surface area (Å²) >= 11 is 0. The molecule has 0 aromatic heterocycles. The van der Waals surface area contributed by atoms with Crippen LogP contribution in [0.2, 0.25) is 0 Å². The van der Waals surface area contributed by atoms with Gasteiger partial charge in [0.05, 0.1) is 0 Å². The highest BCUT2D eigenvalue weighted by Gasteiger charge is 2.35. The second kappa shape index (κ2) is 6.50. The zero-order valence-electron chi connectivity index (χ0n) is 13.7. The molecule has 2 nitrogen and oxygen atoms in total. The highest BCUT2D eigenvalue weighted by Crippen LogP contribution is 2.31. The van der Waals surface area contributed by atoms with E-state index >= 15 is 0 Å². The molecule has 0 amide bonds. The number of hydrogen-bond donors (Lipinski definition) is 1. The van der Waals surface area contributed by atoms with Crippen molar-refractivity contribution in [1.82, 2.24) is 10.2 Å². The van der Waals surface area contributed by atoms with Crippen LogP contribution in [0, 0.1) is 0 Å². The third kappa shape index (κ3) is 3.67. The van der Waals surface area contributed by atoms with Gasteiger partial charge >= 0.3 is 0 Å². The predicted molar refractivity (Wildman–Crippen MR) is 89.6 cm³/mol. The SMILES string of the molecule is CC(C)c1ccc(CN2CCNC3(CCCCC3)C2)cc1. The van der Waals surface area contributed by atoms with E-state index in [4.69, 9.17) is 0 Å². The fourth-order valence-corrected chi connectivity index (χ4v) is 4.01. The van der Waals surface area contributed by atoms with Crippen molar-refractivity contribution in [2.45, 2.75) is 64.0 Å². The molecule has 1 aliphatic heterocycles. The molecule has 116 valence electrons. The number of nitrogens with one attached hydrogen (secondary N) is 1. The Morgan fingerprint density at radius 1 is 1.10 bits per heavy atom. The molecule has 2 aliphatic rings. The number of nitrogens with zero attached hydrogens (tertiary/aromatic N) is 1. The average molecular weight is 286 g/mol. The lowest BCUT2D eigenvalue weighted by Gasteiger charge is -2.46. The second-order valence-corrected chi connectivity index (χ2v) is 7.37.